The highest BCUT2D eigenvalue weighted by Gasteiger charge is 2.28. The van der Waals surface area contributed by atoms with Crippen LogP contribution in [0.2, 0.25) is 0 Å². The van der Waals surface area contributed by atoms with Gasteiger partial charge in [0.1, 0.15) is 0 Å². The van der Waals surface area contributed by atoms with Gasteiger partial charge in [0.2, 0.25) is 0 Å². The first-order valence-corrected chi connectivity index (χ1v) is 8.34. The summed E-state index contributed by atoms with van der Waals surface area (Å²) in [4.78, 5) is 2.71. The van der Waals surface area contributed by atoms with Gasteiger partial charge in [0.25, 0.3) is 0 Å². The van der Waals surface area contributed by atoms with E-state index in [9.17, 15) is 0 Å². The Labute approximate surface area is 121 Å². The lowest BCUT2D eigenvalue weighted by Gasteiger charge is -2.35. The Morgan fingerprint density at radius 2 is 1.89 bits per heavy atom. The van der Waals surface area contributed by atoms with Crippen molar-refractivity contribution in [3.8, 4) is 0 Å². The Hall–Kier alpha value is -0.0800. The van der Waals surface area contributed by atoms with Crippen LogP contribution >= 0.6 is 0 Å². The van der Waals surface area contributed by atoms with Crippen molar-refractivity contribution < 1.29 is 0 Å². The molecule has 0 aromatic rings. The number of likely N-dealkylation sites (tertiary alicyclic amines) is 1. The van der Waals surface area contributed by atoms with Crippen molar-refractivity contribution in [3.05, 3.63) is 0 Å². The molecule has 1 aliphatic heterocycles. The minimum absolute atomic E-state index is 0.434. The molecule has 1 unspecified atom stereocenters. The molecule has 0 spiro atoms. The van der Waals surface area contributed by atoms with Crippen LogP contribution in [-0.4, -0.2) is 37.6 Å². The second kappa shape index (κ2) is 7.64. The van der Waals surface area contributed by atoms with Gasteiger partial charge < -0.3 is 10.2 Å². The van der Waals surface area contributed by atoms with E-state index in [1.807, 2.05) is 0 Å². The van der Waals surface area contributed by atoms with Gasteiger partial charge in [-0.3, -0.25) is 0 Å². The average Bonchev–Trinajstić information content (AvgIpc) is 2.51. The molecular formula is C17H36N2. The summed E-state index contributed by atoms with van der Waals surface area (Å²) >= 11 is 0. The summed E-state index contributed by atoms with van der Waals surface area (Å²) in [5, 5.41) is 3.62. The van der Waals surface area contributed by atoms with E-state index in [0.717, 1.165) is 13.1 Å². The smallest absolute Gasteiger partial charge is 0.00474 e. The minimum Gasteiger partial charge on any atom is -0.316 e. The molecule has 0 aromatic carbocycles. The molecule has 1 N–H and O–H groups in total. The zero-order valence-corrected chi connectivity index (χ0v) is 14.0. The topological polar surface area (TPSA) is 15.3 Å². The Morgan fingerprint density at radius 3 is 2.53 bits per heavy atom. The first kappa shape index (κ1) is 17.0. The highest BCUT2D eigenvalue weighted by atomic mass is 15.1. The van der Waals surface area contributed by atoms with Crippen LogP contribution in [0, 0.1) is 10.8 Å². The molecule has 0 aliphatic carbocycles. The third-order valence-electron chi connectivity index (χ3n) is 4.87. The van der Waals surface area contributed by atoms with E-state index in [1.165, 1.54) is 51.7 Å². The van der Waals surface area contributed by atoms with E-state index < -0.39 is 0 Å². The largest absolute Gasteiger partial charge is 0.316 e. The standard InChI is InChI=1S/C17H36N2/c1-6-11-18-14-17(5,7-2)15-19-12-8-9-16(3,4)10-13-19/h18H,6-15H2,1-5H3. The van der Waals surface area contributed by atoms with E-state index in [1.54, 1.807) is 0 Å². The molecule has 0 amide bonds. The van der Waals surface area contributed by atoms with Gasteiger partial charge in [-0.1, -0.05) is 34.6 Å². The Morgan fingerprint density at radius 1 is 1.16 bits per heavy atom. The van der Waals surface area contributed by atoms with Gasteiger partial charge in [0.05, 0.1) is 0 Å². The maximum absolute atomic E-state index is 3.62. The second-order valence-corrected chi connectivity index (χ2v) is 7.63. The highest BCUT2D eigenvalue weighted by Crippen LogP contribution is 2.31. The molecule has 1 rings (SSSR count). The SMILES string of the molecule is CCCNCC(C)(CC)CN1CCCC(C)(C)CC1. The zero-order chi connectivity index (χ0) is 14.4. The summed E-state index contributed by atoms with van der Waals surface area (Å²) in [5.41, 5.74) is 0.988. The number of rotatable bonds is 7. The predicted octanol–water partition coefficient (Wildman–Crippen LogP) is 3.91. The average molecular weight is 268 g/mol. The molecular weight excluding hydrogens is 232 g/mol. The first-order chi connectivity index (χ1) is 8.91. The van der Waals surface area contributed by atoms with E-state index >= 15 is 0 Å². The molecule has 2 heteroatoms. The van der Waals surface area contributed by atoms with Gasteiger partial charge >= 0.3 is 0 Å². The van der Waals surface area contributed by atoms with Crippen LogP contribution in [0.3, 0.4) is 0 Å². The molecule has 1 heterocycles. The van der Waals surface area contributed by atoms with Crippen LogP contribution in [-0.2, 0) is 0 Å². The van der Waals surface area contributed by atoms with Crippen molar-refractivity contribution in [3.63, 3.8) is 0 Å². The molecule has 1 saturated heterocycles. The molecule has 0 aromatic heterocycles. The van der Waals surface area contributed by atoms with Crippen molar-refractivity contribution in [1.29, 1.82) is 0 Å². The van der Waals surface area contributed by atoms with Crippen LogP contribution in [0.1, 0.15) is 66.7 Å². The summed E-state index contributed by atoms with van der Waals surface area (Å²) in [6.07, 6.45) is 6.62. The van der Waals surface area contributed by atoms with Crippen LogP contribution in [0.4, 0.5) is 0 Å². The zero-order valence-electron chi connectivity index (χ0n) is 14.0. The summed E-state index contributed by atoms with van der Waals surface area (Å²) in [5.74, 6) is 0. The fraction of sp³-hybridized carbons (Fsp3) is 1.00. The molecule has 2 nitrogen and oxygen atoms in total. The third kappa shape index (κ3) is 6.27. The number of hydrogen-bond acceptors (Lipinski definition) is 2. The lowest BCUT2D eigenvalue weighted by molar-refractivity contribution is 0.155. The minimum atomic E-state index is 0.434. The van der Waals surface area contributed by atoms with Crippen molar-refractivity contribution >= 4 is 0 Å². The van der Waals surface area contributed by atoms with Crippen molar-refractivity contribution in [1.82, 2.24) is 10.2 Å². The van der Waals surface area contributed by atoms with Crippen molar-refractivity contribution in [2.45, 2.75) is 66.7 Å². The fourth-order valence-corrected chi connectivity index (χ4v) is 3.04. The summed E-state index contributed by atoms with van der Waals surface area (Å²) in [7, 11) is 0. The van der Waals surface area contributed by atoms with Gasteiger partial charge in [-0.15, -0.1) is 0 Å². The van der Waals surface area contributed by atoms with Crippen LogP contribution in [0.15, 0.2) is 0 Å². The van der Waals surface area contributed by atoms with E-state index in [2.05, 4.69) is 44.8 Å². The molecule has 1 aliphatic rings. The van der Waals surface area contributed by atoms with Gasteiger partial charge in [-0.25, -0.2) is 0 Å². The van der Waals surface area contributed by atoms with Crippen LogP contribution in [0.5, 0.6) is 0 Å². The van der Waals surface area contributed by atoms with Gasteiger partial charge in [0.15, 0.2) is 0 Å². The maximum Gasteiger partial charge on any atom is 0.00474 e. The van der Waals surface area contributed by atoms with Crippen molar-refractivity contribution in [2.24, 2.45) is 10.8 Å². The maximum atomic E-state index is 3.62. The molecule has 1 atom stereocenters. The first-order valence-electron chi connectivity index (χ1n) is 8.34. The van der Waals surface area contributed by atoms with E-state index in [-0.39, 0.29) is 0 Å². The number of nitrogens with zero attached hydrogens (tertiary/aromatic N) is 1. The normalized spacial score (nSPS) is 23.8. The van der Waals surface area contributed by atoms with Gasteiger partial charge in [-0.05, 0) is 62.6 Å². The number of nitrogens with one attached hydrogen (secondary N) is 1. The predicted molar refractivity (Wildman–Crippen MR) is 85.6 cm³/mol. The second-order valence-electron chi connectivity index (χ2n) is 7.63. The lowest BCUT2D eigenvalue weighted by Crippen LogP contribution is -2.42. The fourth-order valence-electron chi connectivity index (χ4n) is 3.04. The summed E-state index contributed by atoms with van der Waals surface area (Å²) in [6, 6.07) is 0. The summed E-state index contributed by atoms with van der Waals surface area (Å²) < 4.78 is 0. The Bertz CT molecular complexity index is 250. The molecule has 114 valence electrons. The summed E-state index contributed by atoms with van der Waals surface area (Å²) in [6.45, 7) is 18.1. The molecule has 0 radical (unpaired) electrons. The quantitative estimate of drug-likeness (QED) is 0.704. The monoisotopic (exact) mass is 268 g/mol. The van der Waals surface area contributed by atoms with E-state index in [0.29, 0.717) is 10.8 Å². The van der Waals surface area contributed by atoms with Gasteiger partial charge in [0, 0.05) is 13.1 Å². The Balaban J connectivity index is 2.45. The van der Waals surface area contributed by atoms with E-state index in [4.69, 9.17) is 0 Å². The molecule has 0 bridgehead atoms. The van der Waals surface area contributed by atoms with Crippen LogP contribution in [0.25, 0.3) is 0 Å². The van der Waals surface area contributed by atoms with Crippen molar-refractivity contribution in [2.75, 3.05) is 32.7 Å². The number of hydrogen-bond donors (Lipinski definition) is 1. The molecule has 19 heavy (non-hydrogen) atoms. The molecule has 0 saturated carbocycles. The molecule has 1 fully saturated rings. The van der Waals surface area contributed by atoms with Gasteiger partial charge in [-0.2, -0.15) is 0 Å². The third-order valence-corrected chi connectivity index (χ3v) is 4.87. The lowest BCUT2D eigenvalue weighted by atomic mass is 9.85. The van der Waals surface area contributed by atoms with Crippen LogP contribution < -0.4 is 5.32 Å². The highest BCUT2D eigenvalue weighted by molar-refractivity contribution is 4.83. The Kier molecular flexibility index (Phi) is 6.82.